The van der Waals surface area contributed by atoms with E-state index in [0.717, 1.165) is 5.39 Å². The fourth-order valence-corrected chi connectivity index (χ4v) is 4.44. The van der Waals surface area contributed by atoms with Gasteiger partial charge in [0, 0.05) is 18.0 Å². The van der Waals surface area contributed by atoms with Crippen molar-refractivity contribution >= 4 is 29.1 Å². The lowest BCUT2D eigenvalue weighted by atomic mass is 9.91. The number of benzene rings is 2. The van der Waals surface area contributed by atoms with Gasteiger partial charge in [0.25, 0.3) is 0 Å². The standard InChI is InChI=1S/C25H24N2O6/c1-24(2,3)33-22(29)26-14-15(16-9-5-7-11-18(16)26)13-25(4)21(28)32-20-17-10-6-8-12-19(17)31-23(30)27(20)25/h5-12,14,20H,13H2,1-4H3/t20-,25-/m1/s1. The molecule has 2 aromatic carbocycles. The molecule has 0 N–H and O–H groups in total. The highest BCUT2D eigenvalue weighted by molar-refractivity contribution is 5.94. The van der Waals surface area contributed by atoms with Crippen LogP contribution < -0.4 is 4.74 Å². The molecule has 8 heteroatoms. The zero-order valence-electron chi connectivity index (χ0n) is 18.8. The van der Waals surface area contributed by atoms with E-state index in [2.05, 4.69) is 0 Å². The van der Waals surface area contributed by atoms with Crippen molar-refractivity contribution in [3.63, 3.8) is 0 Å². The van der Waals surface area contributed by atoms with Crippen molar-refractivity contribution in [2.45, 2.75) is 51.5 Å². The topological polar surface area (TPSA) is 87.1 Å². The van der Waals surface area contributed by atoms with E-state index in [-0.39, 0.29) is 6.42 Å². The lowest BCUT2D eigenvalue weighted by Gasteiger charge is -2.35. The van der Waals surface area contributed by atoms with Gasteiger partial charge in [0.1, 0.15) is 16.9 Å². The zero-order chi connectivity index (χ0) is 23.5. The van der Waals surface area contributed by atoms with Crippen LogP contribution in [0.4, 0.5) is 9.59 Å². The number of ether oxygens (including phenoxy) is 3. The van der Waals surface area contributed by atoms with Crippen LogP contribution in [-0.2, 0) is 20.7 Å². The maximum atomic E-state index is 13.1. The molecule has 0 bridgehead atoms. The first kappa shape index (κ1) is 21.1. The largest absolute Gasteiger partial charge is 0.443 e. The van der Waals surface area contributed by atoms with Crippen LogP contribution >= 0.6 is 0 Å². The van der Waals surface area contributed by atoms with Gasteiger partial charge in [-0.3, -0.25) is 9.47 Å². The Bertz CT molecular complexity index is 1300. The first-order chi connectivity index (χ1) is 15.6. The highest BCUT2D eigenvalue weighted by Crippen LogP contribution is 2.46. The third-order valence-electron chi connectivity index (χ3n) is 5.92. The van der Waals surface area contributed by atoms with Crippen LogP contribution in [0.2, 0.25) is 0 Å². The Morgan fingerprint density at radius 2 is 1.79 bits per heavy atom. The molecule has 1 saturated heterocycles. The molecule has 1 amide bonds. The normalized spacial score (nSPS) is 21.9. The Balaban J connectivity index is 1.56. The van der Waals surface area contributed by atoms with Gasteiger partial charge in [-0.05, 0) is 51.5 Å². The van der Waals surface area contributed by atoms with E-state index in [0.29, 0.717) is 22.4 Å². The van der Waals surface area contributed by atoms with Crippen molar-refractivity contribution in [2.75, 3.05) is 0 Å². The molecule has 0 radical (unpaired) electrons. The number of nitrogens with zero attached hydrogens (tertiary/aromatic N) is 2. The number of rotatable bonds is 2. The van der Waals surface area contributed by atoms with E-state index in [1.165, 1.54) is 9.47 Å². The Morgan fingerprint density at radius 1 is 1.09 bits per heavy atom. The third-order valence-corrected chi connectivity index (χ3v) is 5.92. The second-order valence-electron chi connectivity index (χ2n) is 9.51. The number of para-hydroxylation sites is 2. The molecule has 8 nitrogen and oxygen atoms in total. The van der Waals surface area contributed by atoms with Crippen molar-refractivity contribution in [3.05, 3.63) is 65.9 Å². The van der Waals surface area contributed by atoms with Gasteiger partial charge in [0.15, 0.2) is 0 Å². The molecule has 2 aliphatic heterocycles. The minimum atomic E-state index is -1.32. The highest BCUT2D eigenvalue weighted by Gasteiger charge is 2.58. The average molecular weight is 448 g/mol. The molecule has 2 atom stereocenters. The minimum Gasteiger partial charge on any atom is -0.443 e. The summed E-state index contributed by atoms with van der Waals surface area (Å²) in [7, 11) is 0. The van der Waals surface area contributed by atoms with Crippen LogP contribution in [0.25, 0.3) is 10.9 Å². The van der Waals surface area contributed by atoms with Crippen LogP contribution in [0.15, 0.2) is 54.7 Å². The van der Waals surface area contributed by atoms with E-state index in [4.69, 9.17) is 14.2 Å². The predicted octanol–water partition coefficient (Wildman–Crippen LogP) is 4.80. The molecular weight excluding hydrogens is 424 g/mol. The number of hydrogen-bond donors (Lipinski definition) is 0. The maximum Gasteiger partial charge on any atom is 0.419 e. The molecule has 5 rings (SSSR count). The second-order valence-corrected chi connectivity index (χ2v) is 9.51. The summed E-state index contributed by atoms with van der Waals surface area (Å²) in [5.41, 5.74) is -0.00591. The summed E-state index contributed by atoms with van der Waals surface area (Å²) in [5, 5.41) is 0.784. The number of fused-ring (bicyclic) bond motifs is 4. The van der Waals surface area contributed by atoms with Crippen LogP contribution in [0.3, 0.4) is 0 Å². The number of carbonyl (C=O) groups excluding carboxylic acids is 3. The summed E-state index contributed by atoms with van der Waals surface area (Å²) < 4.78 is 18.1. The van der Waals surface area contributed by atoms with Crippen LogP contribution in [0, 0.1) is 0 Å². The van der Waals surface area contributed by atoms with Gasteiger partial charge in [-0.25, -0.2) is 14.4 Å². The fourth-order valence-electron chi connectivity index (χ4n) is 4.44. The molecule has 0 unspecified atom stereocenters. The molecule has 1 fully saturated rings. The van der Waals surface area contributed by atoms with Gasteiger partial charge in [-0.2, -0.15) is 0 Å². The van der Waals surface area contributed by atoms with Crippen LogP contribution in [-0.4, -0.2) is 38.8 Å². The van der Waals surface area contributed by atoms with Crippen LogP contribution in [0.5, 0.6) is 5.75 Å². The van der Waals surface area contributed by atoms with Crippen LogP contribution in [0.1, 0.15) is 45.0 Å². The quantitative estimate of drug-likeness (QED) is 0.524. The molecular formula is C25H24N2O6. The Morgan fingerprint density at radius 3 is 2.55 bits per heavy atom. The number of esters is 1. The number of amides is 1. The van der Waals surface area contributed by atoms with E-state index < -0.39 is 35.5 Å². The summed E-state index contributed by atoms with van der Waals surface area (Å²) in [4.78, 5) is 40.2. The Kier molecular flexibility index (Phi) is 4.53. The molecule has 0 aliphatic carbocycles. The van der Waals surface area contributed by atoms with Crippen molar-refractivity contribution in [2.24, 2.45) is 0 Å². The molecule has 170 valence electrons. The summed E-state index contributed by atoms with van der Waals surface area (Å²) in [6.45, 7) is 7.05. The van der Waals surface area contributed by atoms with Gasteiger partial charge in [0.05, 0.1) is 11.1 Å². The Labute approximate surface area is 190 Å². The molecule has 3 aromatic rings. The zero-order valence-corrected chi connectivity index (χ0v) is 18.8. The number of hydrogen-bond acceptors (Lipinski definition) is 6. The van der Waals surface area contributed by atoms with Crippen molar-refractivity contribution in [3.8, 4) is 5.75 Å². The van der Waals surface area contributed by atoms with Gasteiger partial charge in [0.2, 0.25) is 6.23 Å². The molecule has 2 aliphatic rings. The van der Waals surface area contributed by atoms with Crippen molar-refractivity contribution in [1.29, 1.82) is 0 Å². The molecule has 0 spiro atoms. The highest BCUT2D eigenvalue weighted by atomic mass is 16.6. The lowest BCUT2D eigenvalue weighted by Crippen LogP contribution is -2.53. The van der Waals surface area contributed by atoms with Gasteiger partial charge < -0.3 is 14.2 Å². The van der Waals surface area contributed by atoms with E-state index >= 15 is 0 Å². The fraction of sp³-hybridized carbons (Fsp3) is 0.320. The van der Waals surface area contributed by atoms with E-state index in [1.54, 1.807) is 58.2 Å². The average Bonchev–Trinajstić information content (AvgIpc) is 3.23. The summed E-state index contributed by atoms with van der Waals surface area (Å²) in [5.74, 6) is -0.155. The van der Waals surface area contributed by atoms with Gasteiger partial charge in [-0.1, -0.05) is 30.3 Å². The van der Waals surface area contributed by atoms with Gasteiger partial charge >= 0.3 is 18.2 Å². The van der Waals surface area contributed by atoms with Crippen molar-refractivity contribution < 1.29 is 28.6 Å². The third kappa shape index (κ3) is 3.33. The van der Waals surface area contributed by atoms with Crippen molar-refractivity contribution in [1.82, 2.24) is 9.47 Å². The summed E-state index contributed by atoms with van der Waals surface area (Å²) in [6.07, 6.45) is -0.237. The molecule has 3 heterocycles. The molecule has 0 saturated carbocycles. The lowest BCUT2D eigenvalue weighted by molar-refractivity contribution is -0.145. The van der Waals surface area contributed by atoms with E-state index in [9.17, 15) is 14.4 Å². The smallest absolute Gasteiger partial charge is 0.419 e. The first-order valence-corrected chi connectivity index (χ1v) is 10.7. The molecule has 33 heavy (non-hydrogen) atoms. The minimum absolute atomic E-state index is 0.135. The Hall–Kier alpha value is -3.81. The monoisotopic (exact) mass is 448 g/mol. The number of aromatic nitrogens is 1. The molecule has 1 aromatic heterocycles. The maximum absolute atomic E-state index is 13.1. The summed E-state index contributed by atoms with van der Waals surface area (Å²) in [6, 6.07) is 14.4. The predicted molar refractivity (Wildman–Crippen MR) is 119 cm³/mol. The van der Waals surface area contributed by atoms with E-state index in [1.807, 2.05) is 24.3 Å². The SMILES string of the molecule is CC(C)(C)OC(=O)n1cc(C[C@]2(C)C(=O)O[C@@H]3c4ccccc4OC(=O)N32)c2ccccc21. The number of carbonyl (C=O) groups is 3. The first-order valence-electron chi connectivity index (χ1n) is 10.7. The summed E-state index contributed by atoms with van der Waals surface area (Å²) >= 11 is 0. The second kappa shape index (κ2) is 7.10. The van der Waals surface area contributed by atoms with Gasteiger partial charge in [-0.15, -0.1) is 0 Å².